The molecule has 4 rings (SSSR count). The van der Waals surface area contributed by atoms with Crippen molar-refractivity contribution in [2.24, 2.45) is 5.10 Å². The van der Waals surface area contributed by atoms with Crippen LogP contribution >= 0.6 is 0 Å². The highest BCUT2D eigenvalue weighted by atomic mass is 16.5. The zero-order valence-corrected chi connectivity index (χ0v) is 18.2. The summed E-state index contributed by atoms with van der Waals surface area (Å²) in [6.07, 6.45) is -0.676. The maximum absolute atomic E-state index is 13.6. The molecule has 3 amide bonds. The fourth-order valence-electron chi connectivity index (χ4n) is 4.42. The maximum Gasteiger partial charge on any atom is 0.328 e. The summed E-state index contributed by atoms with van der Waals surface area (Å²) in [6, 6.07) is 7.12. The molecule has 0 aromatic heterocycles. The molecule has 162 valence electrons. The normalized spacial score (nSPS) is 29.2. The average Bonchev–Trinajstić information content (AvgIpc) is 3.14. The zero-order chi connectivity index (χ0) is 21.6. The third-order valence-corrected chi connectivity index (χ3v) is 6.30. The fraction of sp³-hybridized carbons (Fsp3) is 0.571. The van der Waals surface area contributed by atoms with Gasteiger partial charge in [0.15, 0.2) is 6.29 Å². The molecule has 0 spiro atoms. The van der Waals surface area contributed by atoms with Crippen molar-refractivity contribution in [2.75, 3.05) is 27.3 Å². The van der Waals surface area contributed by atoms with E-state index in [-0.39, 0.29) is 30.8 Å². The van der Waals surface area contributed by atoms with Crippen LogP contribution in [0.2, 0.25) is 0 Å². The number of fused-ring (bicyclic) bond motifs is 3. The quantitative estimate of drug-likeness (QED) is 0.774. The van der Waals surface area contributed by atoms with Gasteiger partial charge in [-0.3, -0.25) is 20.0 Å². The van der Waals surface area contributed by atoms with Gasteiger partial charge in [-0.25, -0.2) is 9.69 Å². The molecule has 1 aromatic rings. The molecule has 4 atom stereocenters. The molecule has 1 N–H and O–H groups in total. The maximum atomic E-state index is 13.6. The lowest BCUT2D eigenvalue weighted by atomic mass is 10.0. The molecule has 0 saturated carbocycles. The van der Waals surface area contributed by atoms with E-state index in [9.17, 15) is 9.59 Å². The van der Waals surface area contributed by atoms with Gasteiger partial charge >= 0.3 is 6.03 Å². The van der Waals surface area contributed by atoms with Crippen molar-refractivity contribution in [3.05, 3.63) is 35.4 Å². The number of urea groups is 1. The molecular weight excluding hydrogens is 384 g/mol. The van der Waals surface area contributed by atoms with Gasteiger partial charge in [-0.15, -0.1) is 0 Å². The van der Waals surface area contributed by atoms with Gasteiger partial charge < -0.3 is 9.64 Å². The molecule has 0 radical (unpaired) electrons. The van der Waals surface area contributed by atoms with Gasteiger partial charge in [0.25, 0.3) is 5.91 Å². The third kappa shape index (κ3) is 3.36. The average molecular weight is 415 g/mol. The highest BCUT2D eigenvalue weighted by Crippen LogP contribution is 2.33. The number of hydrogen-bond donors (Lipinski definition) is 1. The van der Waals surface area contributed by atoms with Crippen molar-refractivity contribution in [1.82, 2.24) is 25.0 Å². The molecule has 3 aliphatic rings. The highest BCUT2D eigenvalue weighted by Gasteiger charge is 2.57. The summed E-state index contributed by atoms with van der Waals surface area (Å²) in [5.74, 6) is -0.174. The molecule has 1 aromatic carbocycles. The Labute approximate surface area is 177 Å². The molecule has 0 aliphatic carbocycles. The van der Waals surface area contributed by atoms with Crippen LogP contribution in [0.5, 0.6) is 0 Å². The summed E-state index contributed by atoms with van der Waals surface area (Å²) < 4.78 is 5.23. The van der Waals surface area contributed by atoms with E-state index in [0.717, 1.165) is 16.8 Å². The van der Waals surface area contributed by atoms with E-state index in [4.69, 9.17) is 9.84 Å². The van der Waals surface area contributed by atoms with Gasteiger partial charge in [0.1, 0.15) is 12.2 Å². The number of likely N-dealkylation sites (N-methyl/N-ethyl adjacent to an activating group) is 1. The monoisotopic (exact) mass is 414 g/mol. The van der Waals surface area contributed by atoms with Crippen molar-refractivity contribution in [2.45, 2.75) is 51.9 Å². The van der Waals surface area contributed by atoms with Crippen LogP contribution < -0.4 is 5.32 Å². The van der Waals surface area contributed by atoms with Crippen LogP contribution in [0.1, 0.15) is 25.0 Å². The van der Waals surface area contributed by atoms with Crippen LogP contribution in [0.25, 0.3) is 0 Å². The molecule has 9 nitrogen and oxygen atoms in total. The number of methoxy groups -OCH3 is 1. The lowest BCUT2D eigenvalue weighted by Crippen LogP contribution is -2.67. The Bertz CT molecular complexity index is 857. The van der Waals surface area contributed by atoms with Crippen molar-refractivity contribution < 1.29 is 14.3 Å². The first kappa shape index (κ1) is 20.8. The van der Waals surface area contributed by atoms with Crippen LogP contribution in [0.15, 0.2) is 29.4 Å². The Morgan fingerprint density at radius 3 is 2.53 bits per heavy atom. The minimum Gasteiger partial charge on any atom is -0.383 e. The summed E-state index contributed by atoms with van der Waals surface area (Å²) in [5, 5.41) is 10.1. The molecule has 3 heterocycles. The fourth-order valence-corrected chi connectivity index (χ4v) is 4.42. The van der Waals surface area contributed by atoms with Crippen LogP contribution in [0.4, 0.5) is 4.79 Å². The lowest BCUT2D eigenvalue weighted by molar-refractivity contribution is -0.140. The van der Waals surface area contributed by atoms with E-state index in [2.05, 4.69) is 17.1 Å². The van der Waals surface area contributed by atoms with Crippen LogP contribution in [0.3, 0.4) is 0 Å². The number of aryl methyl sites for hydroxylation is 1. The smallest absolute Gasteiger partial charge is 0.328 e. The predicted octanol–water partition coefficient (Wildman–Crippen LogP) is 0.999. The Kier molecular flexibility index (Phi) is 5.52. The van der Waals surface area contributed by atoms with Crippen molar-refractivity contribution in [3.8, 4) is 0 Å². The van der Waals surface area contributed by atoms with Gasteiger partial charge in [0.05, 0.1) is 31.4 Å². The van der Waals surface area contributed by atoms with Crippen LogP contribution in [-0.2, 0) is 16.1 Å². The molecule has 0 bridgehead atoms. The summed E-state index contributed by atoms with van der Waals surface area (Å²) in [7, 11) is 3.40. The number of amides is 3. The van der Waals surface area contributed by atoms with E-state index in [1.165, 1.54) is 4.90 Å². The van der Waals surface area contributed by atoms with Gasteiger partial charge in [-0.1, -0.05) is 29.8 Å². The van der Waals surface area contributed by atoms with E-state index in [0.29, 0.717) is 13.2 Å². The first-order chi connectivity index (χ1) is 14.3. The largest absolute Gasteiger partial charge is 0.383 e. The first-order valence-corrected chi connectivity index (χ1v) is 10.3. The molecule has 4 unspecified atom stereocenters. The second kappa shape index (κ2) is 7.98. The summed E-state index contributed by atoms with van der Waals surface area (Å²) in [6.45, 7) is 7.42. The topological polar surface area (TPSA) is 80.7 Å². The first-order valence-electron chi connectivity index (χ1n) is 10.3. The van der Waals surface area contributed by atoms with E-state index < -0.39 is 12.2 Å². The van der Waals surface area contributed by atoms with Crippen molar-refractivity contribution in [1.29, 1.82) is 0 Å². The van der Waals surface area contributed by atoms with Crippen molar-refractivity contribution in [3.63, 3.8) is 0 Å². The third-order valence-electron chi connectivity index (χ3n) is 6.30. The highest BCUT2D eigenvalue weighted by molar-refractivity contribution is 6.01. The van der Waals surface area contributed by atoms with E-state index >= 15 is 0 Å². The Morgan fingerprint density at radius 2 is 1.87 bits per heavy atom. The van der Waals surface area contributed by atoms with Gasteiger partial charge in [0.2, 0.25) is 0 Å². The standard InChI is InChI=1S/C21H30N6O3/c1-13-6-8-16(9-7-13)12-25-19(28)17-18(24(4)21(25)29)22-20-26(10-11-30-5)23-14(2)15(3)27(17)20/h6-9,15,17-18,20,22H,10-12H2,1-5H3. The molecular formula is C21H30N6O3. The second-order valence-electron chi connectivity index (χ2n) is 8.25. The minimum absolute atomic E-state index is 0.0249. The molecule has 9 heteroatoms. The molecule has 2 saturated heterocycles. The number of nitrogens with one attached hydrogen (secondary N) is 1. The Hall–Kier alpha value is -2.49. The molecule has 3 aliphatic heterocycles. The number of benzene rings is 1. The number of carbonyl (C=O) groups is 2. The zero-order valence-electron chi connectivity index (χ0n) is 18.2. The van der Waals surface area contributed by atoms with Gasteiger partial charge in [-0.05, 0) is 26.3 Å². The number of nitrogens with zero attached hydrogens (tertiary/aromatic N) is 5. The Balaban J connectivity index is 1.63. The van der Waals surface area contributed by atoms with Gasteiger partial charge in [-0.2, -0.15) is 5.10 Å². The van der Waals surface area contributed by atoms with E-state index in [1.807, 2.05) is 43.1 Å². The number of hydrogen-bond acceptors (Lipinski definition) is 7. The minimum atomic E-state index is -0.478. The number of ether oxygens (including phenoxy) is 1. The van der Waals surface area contributed by atoms with E-state index in [1.54, 1.807) is 19.1 Å². The lowest BCUT2D eigenvalue weighted by Gasteiger charge is -2.45. The van der Waals surface area contributed by atoms with Crippen LogP contribution in [0, 0.1) is 6.92 Å². The second-order valence-corrected chi connectivity index (χ2v) is 8.25. The van der Waals surface area contributed by atoms with Crippen molar-refractivity contribution >= 4 is 17.6 Å². The molecule has 2 fully saturated rings. The summed E-state index contributed by atoms with van der Waals surface area (Å²) in [5.41, 5.74) is 3.01. The van der Waals surface area contributed by atoms with Gasteiger partial charge in [0, 0.05) is 14.2 Å². The number of hydrazone groups is 1. The number of carbonyl (C=O) groups excluding carboxylic acids is 2. The summed E-state index contributed by atoms with van der Waals surface area (Å²) in [4.78, 5) is 31.8. The predicted molar refractivity (Wildman–Crippen MR) is 112 cm³/mol. The SMILES string of the molecule is COCCN1N=C(C)C(C)N2C3C(=O)N(Cc4ccc(C)cc4)C(=O)N(C)C3NC12. The summed E-state index contributed by atoms with van der Waals surface area (Å²) >= 11 is 0. The number of rotatable bonds is 5. The molecule has 30 heavy (non-hydrogen) atoms. The number of imide groups is 1. The van der Waals surface area contributed by atoms with Crippen LogP contribution in [-0.4, -0.2) is 89.2 Å². The Morgan fingerprint density at radius 1 is 1.17 bits per heavy atom.